The molecule has 0 amide bonds. The van der Waals surface area contributed by atoms with E-state index in [-0.39, 0.29) is 6.61 Å². The average Bonchev–Trinajstić information content (AvgIpc) is 2.41. The highest BCUT2D eigenvalue weighted by molar-refractivity contribution is 9.10. The lowest BCUT2D eigenvalue weighted by atomic mass is 10.1. The van der Waals surface area contributed by atoms with Crippen LogP contribution in [-0.2, 0) is 6.42 Å². The third kappa shape index (κ3) is 4.67. The molecule has 1 atom stereocenters. The molecular formula is C15H13BrCl2O2. The van der Waals surface area contributed by atoms with Crippen LogP contribution < -0.4 is 4.74 Å². The number of ether oxygens (including phenoxy) is 1. The van der Waals surface area contributed by atoms with E-state index < -0.39 is 6.10 Å². The van der Waals surface area contributed by atoms with Gasteiger partial charge in [-0.05, 0) is 42.0 Å². The van der Waals surface area contributed by atoms with Crippen molar-refractivity contribution in [1.29, 1.82) is 0 Å². The zero-order valence-electron chi connectivity index (χ0n) is 10.5. The number of rotatable bonds is 5. The topological polar surface area (TPSA) is 29.5 Å². The van der Waals surface area contributed by atoms with Gasteiger partial charge in [-0.25, -0.2) is 0 Å². The van der Waals surface area contributed by atoms with E-state index in [1.54, 1.807) is 24.3 Å². The Bertz CT molecular complexity index is 573. The van der Waals surface area contributed by atoms with Crippen LogP contribution in [0.3, 0.4) is 0 Å². The minimum Gasteiger partial charge on any atom is -0.491 e. The van der Waals surface area contributed by atoms with Crippen LogP contribution in [-0.4, -0.2) is 17.8 Å². The lowest BCUT2D eigenvalue weighted by molar-refractivity contribution is 0.108. The summed E-state index contributed by atoms with van der Waals surface area (Å²) in [5.41, 5.74) is 0.891. The number of aliphatic hydroxyl groups excluding tert-OH is 1. The normalized spacial score (nSPS) is 12.2. The van der Waals surface area contributed by atoms with Crippen LogP contribution in [0, 0.1) is 0 Å². The van der Waals surface area contributed by atoms with Gasteiger partial charge >= 0.3 is 0 Å². The van der Waals surface area contributed by atoms with E-state index in [0.717, 1.165) is 10.0 Å². The molecular weight excluding hydrogens is 363 g/mol. The molecule has 2 rings (SSSR count). The molecule has 0 aromatic heterocycles. The SMILES string of the molecule is OC(COc1ccc(Cl)cc1)Cc1ccc(Br)cc1Cl. The second-order valence-electron chi connectivity index (χ2n) is 4.36. The summed E-state index contributed by atoms with van der Waals surface area (Å²) in [6, 6.07) is 12.6. The van der Waals surface area contributed by atoms with Crippen molar-refractivity contribution < 1.29 is 9.84 Å². The van der Waals surface area contributed by atoms with Crippen LogP contribution in [0.2, 0.25) is 10.0 Å². The molecule has 0 saturated carbocycles. The number of hydrogen-bond acceptors (Lipinski definition) is 2. The summed E-state index contributed by atoms with van der Waals surface area (Å²) < 4.78 is 6.41. The molecule has 0 aliphatic heterocycles. The molecule has 0 aliphatic rings. The maximum Gasteiger partial charge on any atom is 0.119 e. The Kier molecular flexibility index (Phi) is 5.73. The average molecular weight is 376 g/mol. The van der Waals surface area contributed by atoms with Crippen molar-refractivity contribution in [2.24, 2.45) is 0 Å². The van der Waals surface area contributed by atoms with Gasteiger partial charge in [0.05, 0.1) is 6.10 Å². The predicted octanol–water partition coefficient (Wildman–Crippen LogP) is 4.74. The molecule has 2 aromatic carbocycles. The minimum atomic E-state index is -0.621. The molecule has 2 nitrogen and oxygen atoms in total. The van der Waals surface area contributed by atoms with Crippen molar-refractivity contribution in [1.82, 2.24) is 0 Å². The molecule has 0 fully saturated rings. The van der Waals surface area contributed by atoms with Crippen molar-refractivity contribution in [2.75, 3.05) is 6.61 Å². The molecule has 0 bridgehead atoms. The fourth-order valence-corrected chi connectivity index (χ4v) is 2.60. The van der Waals surface area contributed by atoms with Crippen molar-refractivity contribution in [2.45, 2.75) is 12.5 Å². The van der Waals surface area contributed by atoms with E-state index in [0.29, 0.717) is 22.2 Å². The van der Waals surface area contributed by atoms with Gasteiger partial charge in [-0.2, -0.15) is 0 Å². The number of benzene rings is 2. The van der Waals surface area contributed by atoms with E-state index in [2.05, 4.69) is 15.9 Å². The van der Waals surface area contributed by atoms with Gasteiger partial charge in [-0.15, -0.1) is 0 Å². The van der Waals surface area contributed by atoms with Gasteiger partial charge < -0.3 is 9.84 Å². The molecule has 0 heterocycles. The molecule has 0 saturated heterocycles. The number of aliphatic hydroxyl groups is 1. The zero-order chi connectivity index (χ0) is 14.5. The van der Waals surface area contributed by atoms with E-state index >= 15 is 0 Å². The van der Waals surface area contributed by atoms with E-state index in [9.17, 15) is 5.11 Å². The summed E-state index contributed by atoms with van der Waals surface area (Å²) in [7, 11) is 0. The summed E-state index contributed by atoms with van der Waals surface area (Å²) in [6.07, 6.45) is -0.177. The lowest BCUT2D eigenvalue weighted by Crippen LogP contribution is -2.20. The molecule has 1 N–H and O–H groups in total. The van der Waals surface area contributed by atoms with E-state index in [1.165, 1.54) is 0 Å². The van der Waals surface area contributed by atoms with Gasteiger partial charge in [-0.3, -0.25) is 0 Å². The summed E-state index contributed by atoms with van der Waals surface area (Å²) in [5, 5.41) is 11.3. The first kappa shape index (κ1) is 15.6. The summed E-state index contributed by atoms with van der Waals surface area (Å²) in [4.78, 5) is 0. The molecule has 1 unspecified atom stereocenters. The summed E-state index contributed by atoms with van der Waals surface area (Å²) in [6.45, 7) is 0.202. The second kappa shape index (κ2) is 7.32. The van der Waals surface area contributed by atoms with Crippen LogP contribution in [0.4, 0.5) is 0 Å². The van der Waals surface area contributed by atoms with E-state index in [4.69, 9.17) is 27.9 Å². The standard InChI is InChI=1S/C15H13BrCl2O2/c16-11-2-1-10(15(18)8-11)7-13(19)9-20-14-5-3-12(17)4-6-14/h1-6,8,13,19H,7,9H2. The fourth-order valence-electron chi connectivity index (χ4n) is 1.72. The van der Waals surface area contributed by atoms with Crippen molar-refractivity contribution in [3.63, 3.8) is 0 Å². The minimum absolute atomic E-state index is 0.202. The van der Waals surface area contributed by atoms with E-state index in [1.807, 2.05) is 18.2 Å². The Morgan fingerprint density at radius 1 is 1.10 bits per heavy atom. The largest absolute Gasteiger partial charge is 0.491 e. The van der Waals surface area contributed by atoms with Crippen LogP contribution in [0.1, 0.15) is 5.56 Å². The van der Waals surface area contributed by atoms with Gasteiger partial charge in [0.15, 0.2) is 0 Å². The molecule has 0 aliphatic carbocycles. The smallest absolute Gasteiger partial charge is 0.119 e. The maximum atomic E-state index is 9.99. The quantitative estimate of drug-likeness (QED) is 0.817. The zero-order valence-corrected chi connectivity index (χ0v) is 13.6. The highest BCUT2D eigenvalue weighted by atomic mass is 79.9. The molecule has 2 aromatic rings. The highest BCUT2D eigenvalue weighted by Gasteiger charge is 2.10. The number of halogens is 3. The van der Waals surface area contributed by atoms with Crippen molar-refractivity contribution in [3.8, 4) is 5.75 Å². The Hall–Kier alpha value is -0.740. The lowest BCUT2D eigenvalue weighted by Gasteiger charge is -2.13. The summed E-state index contributed by atoms with van der Waals surface area (Å²) >= 11 is 15.2. The van der Waals surface area contributed by atoms with Crippen LogP contribution in [0.5, 0.6) is 5.75 Å². The molecule has 106 valence electrons. The first-order valence-electron chi connectivity index (χ1n) is 6.05. The maximum absolute atomic E-state index is 9.99. The first-order valence-corrected chi connectivity index (χ1v) is 7.60. The predicted molar refractivity (Wildman–Crippen MR) is 85.8 cm³/mol. The van der Waals surface area contributed by atoms with Crippen LogP contribution in [0.25, 0.3) is 0 Å². The summed E-state index contributed by atoms with van der Waals surface area (Å²) in [5.74, 6) is 0.676. The van der Waals surface area contributed by atoms with Crippen LogP contribution >= 0.6 is 39.1 Å². The van der Waals surface area contributed by atoms with Gasteiger partial charge in [0.25, 0.3) is 0 Å². The monoisotopic (exact) mass is 374 g/mol. The molecule has 0 spiro atoms. The third-order valence-corrected chi connectivity index (χ3v) is 3.82. The first-order chi connectivity index (χ1) is 9.54. The Balaban J connectivity index is 1.89. The Morgan fingerprint density at radius 2 is 1.80 bits per heavy atom. The van der Waals surface area contributed by atoms with Crippen molar-refractivity contribution in [3.05, 3.63) is 62.5 Å². The van der Waals surface area contributed by atoms with Gasteiger partial charge in [0.2, 0.25) is 0 Å². The van der Waals surface area contributed by atoms with Crippen LogP contribution in [0.15, 0.2) is 46.9 Å². The second-order valence-corrected chi connectivity index (χ2v) is 6.12. The molecule has 5 heteroatoms. The molecule has 20 heavy (non-hydrogen) atoms. The fraction of sp³-hybridized carbons (Fsp3) is 0.200. The third-order valence-electron chi connectivity index (χ3n) is 2.73. The van der Waals surface area contributed by atoms with Crippen molar-refractivity contribution >= 4 is 39.1 Å². The Labute approximate surface area is 136 Å². The van der Waals surface area contributed by atoms with Gasteiger partial charge in [-0.1, -0.05) is 45.2 Å². The highest BCUT2D eigenvalue weighted by Crippen LogP contribution is 2.23. The van der Waals surface area contributed by atoms with Gasteiger partial charge in [0.1, 0.15) is 12.4 Å². The number of hydrogen-bond donors (Lipinski definition) is 1. The van der Waals surface area contributed by atoms with Gasteiger partial charge in [0, 0.05) is 20.9 Å². The molecule has 0 radical (unpaired) electrons. The Morgan fingerprint density at radius 3 is 2.45 bits per heavy atom.